The molecule has 0 aliphatic heterocycles. The van der Waals surface area contributed by atoms with Gasteiger partial charge in [-0.2, -0.15) is 13.2 Å². The number of benzene rings is 1. The summed E-state index contributed by atoms with van der Waals surface area (Å²) in [6.45, 7) is 1.68. The summed E-state index contributed by atoms with van der Waals surface area (Å²) in [5.41, 5.74) is 6.94. The lowest BCUT2D eigenvalue weighted by Gasteiger charge is -2.16. The molecule has 1 fully saturated rings. The van der Waals surface area contributed by atoms with Crippen LogP contribution in [0.2, 0.25) is 0 Å². The van der Waals surface area contributed by atoms with E-state index >= 15 is 0 Å². The number of fused-ring (bicyclic) bond motifs is 1. The lowest BCUT2D eigenvalue weighted by molar-refractivity contribution is -0.150. The number of rotatable bonds is 4. The molecule has 0 spiro atoms. The number of alkyl halides is 3. The second-order valence-electron chi connectivity index (χ2n) is 7.44. The summed E-state index contributed by atoms with van der Waals surface area (Å²) in [7, 11) is 0. The van der Waals surface area contributed by atoms with Crippen LogP contribution in [-0.4, -0.2) is 22.1 Å². The molecule has 0 saturated heterocycles. The average molecular weight is 418 g/mol. The van der Waals surface area contributed by atoms with Crippen molar-refractivity contribution in [2.75, 3.05) is 5.12 Å². The molecule has 1 amide bonds. The number of nitrogens with zero attached hydrogens (tertiary/aromatic N) is 3. The van der Waals surface area contributed by atoms with Gasteiger partial charge in [-0.3, -0.25) is 9.78 Å². The minimum absolute atomic E-state index is 0.0736. The number of carbonyl (C=O) groups excluding carboxylic acids is 1. The van der Waals surface area contributed by atoms with Crippen LogP contribution in [0.3, 0.4) is 0 Å². The summed E-state index contributed by atoms with van der Waals surface area (Å²) < 4.78 is 52.7. The largest absolute Gasteiger partial charge is 0.409 e. The van der Waals surface area contributed by atoms with E-state index in [0.717, 1.165) is 5.56 Å². The third-order valence-corrected chi connectivity index (χ3v) is 5.14. The van der Waals surface area contributed by atoms with Gasteiger partial charge in [-0.1, -0.05) is 16.6 Å². The minimum atomic E-state index is -4.57. The third kappa shape index (κ3) is 3.85. The van der Waals surface area contributed by atoms with Gasteiger partial charge in [-0.25, -0.2) is 4.98 Å². The molecule has 30 heavy (non-hydrogen) atoms. The Hall–Kier alpha value is -3.07. The average Bonchev–Trinajstić information content (AvgIpc) is 3.56. The highest BCUT2D eigenvalue weighted by atomic mass is 19.4. The Labute approximate surface area is 169 Å². The van der Waals surface area contributed by atoms with Crippen molar-refractivity contribution in [1.29, 1.82) is 0 Å². The number of anilines is 1. The van der Waals surface area contributed by atoms with Crippen molar-refractivity contribution >= 4 is 22.5 Å². The molecule has 3 aromatic rings. The van der Waals surface area contributed by atoms with Crippen molar-refractivity contribution < 1.29 is 22.4 Å². The normalized spacial score (nSPS) is 15.3. The first kappa shape index (κ1) is 20.2. The lowest BCUT2D eigenvalue weighted by atomic mass is 9.99. The number of carbonyl (C=O) groups is 1. The van der Waals surface area contributed by atoms with Crippen LogP contribution in [0.1, 0.15) is 30.1 Å². The number of hydrogen-bond donors (Lipinski definition) is 1. The van der Waals surface area contributed by atoms with Crippen molar-refractivity contribution in [3.05, 3.63) is 54.0 Å². The number of nitrogens with two attached hydrogens (primary N) is 1. The van der Waals surface area contributed by atoms with Crippen LogP contribution >= 0.6 is 0 Å². The van der Waals surface area contributed by atoms with E-state index in [9.17, 15) is 22.4 Å². The lowest BCUT2D eigenvalue weighted by Crippen LogP contribution is -2.29. The first-order chi connectivity index (χ1) is 14.1. The molecule has 0 radical (unpaired) electrons. The number of amides is 1. The van der Waals surface area contributed by atoms with Gasteiger partial charge in [0, 0.05) is 29.3 Å². The van der Waals surface area contributed by atoms with Crippen molar-refractivity contribution in [1.82, 2.24) is 9.97 Å². The molecule has 156 valence electrons. The van der Waals surface area contributed by atoms with Gasteiger partial charge < -0.3 is 5.73 Å². The molecule has 9 heteroatoms. The van der Waals surface area contributed by atoms with Crippen LogP contribution in [0.15, 0.2) is 42.7 Å². The predicted octanol–water partition coefficient (Wildman–Crippen LogP) is 4.79. The van der Waals surface area contributed by atoms with Crippen LogP contribution < -0.4 is 10.9 Å². The molecule has 5 nitrogen and oxygen atoms in total. The van der Waals surface area contributed by atoms with Crippen molar-refractivity contribution in [3.8, 4) is 11.1 Å². The Bertz CT molecular complexity index is 1130. The van der Waals surface area contributed by atoms with Gasteiger partial charge in [0.25, 0.3) is 5.91 Å². The molecule has 4 rings (SSSR count). The molecule has 1 saturated carbocycles. The van der Waals surface area contributed by atoms with Crippen molar-refractivity contribution in [2.24, 2.45) is 11.7 Å². The predicted molar refractivity (Wildman–Crippen MR) is 104 cm³/mol. The molecular weight excluding hydrogens is 400 g/mol. The summed E-state index contributed by atoms with van der Waals surface area (Å²) in [6, 6.07) is 5.93. The van der Waals surface area contributed by atoms with E-state index in [-0.39, 0.29) is 22.6 Å². The van der Waals surface area contributed by atoms with E-state index in [1.165, 1.54) is 24.5 Å². The number of hydrogen-bond acceptors (Lipinski definition) is 4. The molecule has 2 N–H and O–H groups in total. The van der Waals surface area contributed by atoms with E-state index in [0.29, 0.717) is 34.7 Å². The van der Waals surface area contributed by atoms with Crippen molar-refractivity contribution in [2.45, 2.75) is 32.0 Å². The fourth-order valence-electron chi connectivity index (χ4n) is 3.23. The highest BCUT2D eigenvalue weighted by molar-refractivity contribution is 5.96. The van der Waals surface area contributed by atoms with Crippen LogP contribution in [-0.2, 0) is 4.79 Å². The van der Waals surface area contributed by atoms with E-state index in [4.69, 9.17) is 5.73 Å². The molecule has 2 heterocycles. The van der Waals surface area contributed by atoms with Crippen LogP contribution in [0.5, 0.6) is 0 Å². The highest BCUT2D eigenvalue weighted by Crippen LogP contribution is 2.34. The summed E-state index contributed by atoms with van der Waals surface area (Å²) in [5.74, 6) is -0.924. The fourth-order valence-corrected chi connectivity index (χ4v) is 3.23. The minimum Gasteiger partial charge on any atom is -0.315 e. The maximum atomic E-state index is 14.3. The van der Waals surface area contributed by atoms with Gasteiger partial charge in [-0.05, 0) is 54.5 Å². The van der Waals surface area contributed by atoms with E-state index < -0.39 is 18.1 Å². The summed E-state index contributed by atoms with van der Waals surface area (Å²) >= 11 is 0. The number of halogens is 4. The van der Waals surface area contributed by atoms with Crippen LogP contribution in [0, 0.1) is 12.8 Å². The van der Waals surface area contributed by atoms with Crippen LogP contribution in [0.4, 0.5) is 23.5 Å². The second kappa shape index (κ2) is 7.32. The van der Waals surface area contributed by atoms with Crippen molar-refractivity contribution in [3.63, 3.8) is 0 Å². The van der Waals surface area contributed by atoms with Gasteiger partial charge in [0.2, 0.25) is 0 Å². The van der Waals surface area contributed by atoms with Gasteiger partial charge in [0.05, 0.1) is 5.69 Å². The van der Waals surface area contributed by atoms with Gasteiger partial charge in [0.1, 0.15) is 6.04 Å². The zero-order valence-corrected chi connectivity index (χ0v) is 15.9. The Kier molecular flexibility index (Phi) is 4.93. The molecule has 2 aromatic heterocycles. The zero-order chi connectivity index (χ0) is 21.6. The standard InChI is InChI=1S/C21H18F4N4O/c1-11-6-17(19(26)21(22,23)24)27-10-16(11)14-5-4-13-8-18(28-9-15(13)7-14)29(25)20(30)12-2-3-12/h4-10,12,19H,2-3,26H2,1H3/t19-/m0/s1. The Morgan fingerprint density at radius 1 is 1.13 bits per heavy atom. The topological polar surface area (TPSA) is 72.1 Å². The summed E-state index contributed by atoms with van der Waals surface area (Å²) in [6.07, 6.45) is -0.376. The highest BCUT2D eigenvalue weighted by Gasteiger charge is 2.39. The first-order valence-corrected chi connectivity index (χ1v) is 9.34. The van der Waals surface area contributed by atoms with E-state index in [2.05, 4.69) is 9.97 Å². The Morgan fingerprint density at radius 2 is 1.87 bits per heavy atom. The Balaban J connectivity index is 1.63. The molecule has 1 aliphatic carbocycles. The third-order valence-electron chi connectivity index (χ3n) is 5.14. The zero-order valence-electron chi connectivity index (χ0n) is 15.9. The molecule has 1 atom stereocenters. The summed E-state index contributed by atoms with van der Waals surface area (Å²) in [5, 5.41) is 1.46. The molecule has 0 unspecified atom stereocenters. The van der Waals surface area contributed by atoms with Gasteiger partial charge in [0.15, 0.2) is 5.82 Å². The van der Waals surface area contributed by atoms with Crippen LogP contribution in [0.25, 0.3) is 21.9 Å². The number of pyridine rings is 2. The van der Waals surface area contributed by atoms with E-state index in [1.807, 2.05) is 0 Å². The first-order valence-electron chi connectivity index (χ1n) is 9.34. The second-order valence-corrected chi connectivity index (χ2v) is 7.44. The molecule has 1 aliphatic rings. The fraction of sp³-hybridized carbons (Fsp3) is 0.286. The van der Waals surface area contributed by atoms with Gasteiger partial charge >= 0.3 is 6.18 Å². The molecule has 1 aromatic carbocycles. The number of aryl methyl sites for hydroxylation is 1. The van der Waals surface area contributed by atoms with E-state index in [1.54, 1.807) is 25.1 Å². The van der Waals surface area contributed by atoms with Gasteiger partial charge in [-0.15, -0.1) is 5.12 Å². The molecular formula is C21H18F4N4O. The maximum Gasteiger partial charge on any atom is 0.409 e. The number of aromatic nitrogens is 2. The maximum absolute atomic E-state index is 14.3. The smallest absolute Gasteiger partial charge is 0.315 e. The quantitative estimate of drug-likeness (QED) is 0.488. The molecule has 0 bridgehead atoms. The Morgan fingerprint density at radius 3 is 2.50 bits per heavy atom. The SMILES string of the molecule is Cc1cc([C@H](N)C(F)(F)F)ncc1-c1ccc2cc(N(F)C(=O)C3CC3)ncc2c1. The summed E-state index contributed by atoms with van der Waals surface area (Å²) in [4.78, 5) is 19.8. The monoisotopic (exact) mass is 418 g/mol.